The lowest BCUT2D eigenvalue weighted by molar-refractivity contribution is -0.133. The molecule has 0 radical (unpaired) electrons. The van der Waals surface area contributed by atoms with Crippen LogP contribution in [0.5, 0.6) is 0 Å². The minimum atomic E-state index is 0. The standard InChI is InChI=1S/C17H27N3O.2ClH/c1-4-20-10-9-16(13(2)12-20)19(3)17(21)11-14-5-7-15(18)8-6-14;;/h5-8,13,16H,4,9-12,18H2,1-3H3;2*1H. The first-order chi connectivity index (χ1) is 10.0. The van der Waals surface area contributed by atoms with Crippen molar-refractivity contribution in [2.45, 2.75) is 32.7 Å². The van der Waals surface area contributed by atoms with Gasteiger partial charge in [0.25, 0.3) is 0 Å². The van der Waals surface area contributed by atoms with Crippen LogP contribution >= 0.6 is 24.8 Å². The van der Waals surface area contributed by atoms with Crippen molar-refractivity contribution in [3.8, 4) is 0 Å². The molecule has 2 rings (SSSR count). The summed E-state index contributed by atoms with van der Waals surface area (Å²) in [6, 6.07) is 7.93. The molecular formula is C17H29Cl2N3O. The molecule has 0 spiro atoms. The summed E-state index contributed by atoms with van der Waals surface area (Å²) in [6.07, 6.45) is 1.52. The molecule has 0 aromatic heterocycles. The van der Waals surface area contributed by atoms with E-state index in [0.717, 1.165) is 37.3 Å². The fraction of sp³-hybridized carbons (Fsp3) is 0.588. The number of amides is 1. The quantitative estimate of drug-likeness (QED) is 0.838. The summed E-state index contributed by atoms with van der Waals surface area (Å²) < 4.78 is 0. The van der Waals surface area contributed by atoms with Gasteiger partial charge in [0, 0.05) is 31.9 Å². The van der Waals surface area contributed by atoms with Crippen molar-refractivity contribution < 1.29 is 4.79 Å². The minimum Gasteiger partial charge on any atom is -0.399 e. The topological polar surface area (TPSA) is 49.6 Å². The lowest BCUT2D eigenvalue weighted by atomic mass is 9.92. The molecule has 1 aliphatic rings. The van der Waals surface area contributed by atoms with E-state index >= 15 is 0 Å². The van der Waals surface area contributed by atoms with E-state index in [2.05, 4.69) is 18.7 Å². The molecule has 2 atom stereocenters. The SMILES string of the molecule is CCN1CCC(N(C)C(=O)Cc2ccc(N)cc2)C(C)C1.Cl.Cl. The lowest BCUT2D eigenvalue weighted by Gasteiger charge is -2.41. The maximum absolute atomic E-state index is 12.5. The molecule has 2 unspecified atom stereocenters. The van der Waals surface area contributed by atoms with Gasteiger partial charge in [0.1, 0.15) is 0 Å². The molecule has 23 heavy (non-hydrogen) atoms. The van der Waals surface area contributed by atoms with Crippen LogP contribution in [0.4, 0.5) is 5.69 Å². The van der Waals surface area contributed by atoms with Gasteiger partial charge in [-0.2, -0.15) is 0 Å². The molecule has 1 amide bonds. The number of nitrogen functional groups attached to an aromatic ring is 1. The van der Waals surface area contributed by atoms with Crippen LogP contribution in [-0.4, -0.2) is 48.4 Å². The average molecular weight is 362 g/mol. The largest absolute Gasteiger partial charge is 0.399 e. The Morgan fingerprint density at radius 3 is 2.43 bits per heavy atom. The maximum Gasteiger partial charge on any atom is 0.226 e. The number of nitrogens with zero attached hydrogens (tertiary/aromatic N) is 2. The Labute approximate surface area is 152 Å². The molecule has 0 bridgehead atoms. The van der Waals surface area contributed by atoms with Gasteiger partial charge in [0.15, 0.2) is 0 Å². The predicted octanol–water partition coefficient (Wildman–Crippen LogP) is 2.84. The van der Waals surface area contributed by atoms with Crippen molar-refractivity contribution in [1.82, 2.24) is 9.80 Å². The summed E-state index contributed by atoms with van der Waals surface area (Å²) in [5.74, 6) is 0.723. The predicted molar refractivity (Wildman–Crippen MR) is 102 cm³/mol. The molecular weight excluding hydrogens is 333 g/mol. The zero-order chi connectivity index (χ0) is 15.4. The van der Waals surface area contributed by atoms with Gasteiger partial charge in [-0.1, -0.05) is 26.0 Å². The van der Waals surface area contributed by atoms with E-state index < -0.39 is 0 Å². The van der Waals surface area contributed by atoms with Crippen molar-refractivity contribution in [2.24, 2.45) is 5.92 Å². The van der Waals surface area contributed by atoms with Crippen LogP contribution in [0.2, 0.25) is 0 Å². The van der Waals surface area contributed by atoms with E-state index in [0.29, 0.717) is 18.4 Å². The van der Waals surface area contributed by atoms with Crippen LogP contribution in [0, 0.1) is 5.92 Å². The highest BCUT2D eigenvalue weighted by molar-refractivity contribution is 5.85. The number of nitrogens with two attached hydrogens (primary N) is 1. The Morgan fingerprint density at radius 2 is 1.91 bits per heavy atom. The molecule has 1 aromatic rings. The molecule has 1 aromatic carbocycles. The fourth-order valence-electron chi connectivity index (χ4n) is 3.20. The summed E-state index contributed by atoms with van der Waals surface area (Å²) >= 11 is 0. The third kappa shape index (κ3) is 5.87. The van der Waals surface area contributed by atoms with Gasteiger partial charge in [-0.05, 0) is 36.6 Å². The van der Waals surface area contributed by atoms with Crippen molar-refractivity contribution in [2.75, 3.05) is 32.4 Å². The van der Waals surface area contributed by atoms with Crippen LogP contribution in [0.15, 0.2) is 24.3 Å². The summed E-state index contributed by atoms with van der Waals surface area (Å²) in [7, 11) is 1.95. The second-order valence-electron chi connectivity index (χ2n) is 6.15. The summed E-state index contributed by atoms with van der Waals surface area (Å²) in [6.45, 7) is 7.72. The van der Waals surface area contributed by atoms with Crippen LogP contribution in [-0.2, 0) is 11.2 Å². The highest BCUT2D eigenvalue weighted by Crippen LogP contribution is 2.21. The number of anilines is 1. The van der Waals surface area contributed by atoms with Gasteiger partial charge in [0.2, 0.25) is 5.91 Å². The number of carbonyl (C=O) groups excluding carboxylic acids is 1. The van der Waals surface area contributed by atoms with E-state index in [1.54, 1.807) is 0 Å². The highest BCUT2D eigenvalue weighted by Gasteiger charge is 2.30. The summed E-state index contributed by atoms with van der Waals surface area (Å²) in [5.41, 5.74) is 7.44. The maximum atomic E-state index is 12.5. The monoisotopic (exact) mass is 361 g/mol. The second-order valence-corrected chi connectivity index (χ2v) is 6.15. The Hall–Kier alpha value is -0.970. The third-order valence-corrected chi connectivity index (χ3v) is 4.62. The molecule has 1 fully saturated rings. The second kappa shape index (κ2) is 10.0. The Balaban J connectivity index is 0.00000242. The number of halogens is 2. The van der Waals surface area contributed by atoms with Gasteiger partial charge < -0.3 is 15.5 Å². The number of carbonyl (C=O) groups is 1. The van der Waals surface area contributed by atoms with Crippen molar-refractivity contribution in [3.05, 3.63) is 29.8 Å². The van der Waals surface area contributed by atoms with E-state index in [1.165, 1.54) is 0 Å². The molecule has 0 aliphatic carbocycles. The van der Waals surface area contributed by atoms with Gasteiger partial charge in [-0.15, -0.1) is 24.8 Å². The third-order valence-electron chi connectivity index (χ3n) is 4.62. The van der Waals surface area contributed by atoms with Gasteiger partial charge >= 0.3 is 0 Å². The highest BCUT2D eigenvalue weighted by atomic mass is 35.5. The number of likely N-dealkylation sites (N-methyl/N-ethyl adjacent to an activating group) is 1. The molecule has 0 saturated carbocycles. The number of rotatable bonds is 4. The number of hydrogen-bond acceptors (Lipinski definition) is 3. The summed E-state index contributed by atoms with van der Waals surface area (Å²) in [5, 5.41) is 0. The molecule has 1 heterocycles. The van der Waals surface area contributed by atoms with E-state index in [9.17, 15) is 4.79 Å². The first-order valence-corrected chi connectivity index (χ1v) is 7.83. The fourth-order valence-corrected chi connectivity index (χ4v) is 3.20. The molecule has 2 N–H and O–H groups in total. The molecule has 132 valence electrons. The molecule has 1 aliphatic heterocycles. The van der Waals surface area contributed by atoms with Crippen molar-refractivity contribution in [3.63, 3.8) is 0 Å². The minimum absolute atomic E-state index is 0. The first kappa shape index (κ1) is 22.0. The number of likely N-dealkylation sites (tertiary alicyclic amines) is 1. The van der Waals surface area contributed by atoms with Crippen LogP contribution in [0.1, 0.15) is 25.8 Å². The van der Waals surface area contributed by atoms with Gasteiger partial charge in [-0.3, -0.25) is 4.79 Å². The van der Waals surface area contributed by atoms with E-state index in [1.807, 2.05) is 36.2 Å². The Morgan fingerprint density at radius 1 is 1.30 bits per heavy atom. The Bertz CT molecular complexity index is 481. The van der Waals surface area contributed by atoms with Crippen molar-refractivity contribution in [1.29, 1.82) is 0 Å². The number of benzene rings is 1. The first-order valence-electron chi connectivity index (χ1n) is 7.83. The van der Waals surface area contributed by atoms with Crippen molar-refractivity contribution >= 4 is 36.4 Å². The van der Waals surface area contributed by atoms with Crippen LogP contribution < -0.4 is 5.73 Å². The van der Waals surface area contributed by atoms with Crippen LogP contribution in [0.3, 0.4) is 0 Å². The number of hydrogen-bond donors (Lipinski definition) is 1. The van der Waals surface area contributed by atoms with E-state index in [-0.39, 0.29) is 30.7 Å². The smallest absolute Gasteiger partial charge is 0.226 e. The van der Waals surface area contributed by atoms with Crippen LogP contribution in [0.25, 0.3) is 0 Å². The zero-order valence-electron chi connectivity index (χ0n) is 14.2. The molecule has 6 heteroatoms. The zero-order valence-corrected chi connectivity index (χ0v) is 15.8. The van der Waals surface area contributed by atoms with Gasteiger partial charge in [-0.25, -0.2) is 0 Å². The lowest BCUT2D eigenvalue weighted by Crippen LogP contribution is -2.50. The van der Waals surface area contributed by atoms with Gasteiger partial charge in [0.05, 0.1) is 6.42 Å². The molecule has 1 saturated heterocycles. The average Bonchev–Trinajstić information content (AvgIpc) is 2.48. The Kier molecular flexibility index (Phi) is 9.59. The normalized spacial score (nSPS) is 21.0. The number of piperidine rings is 1. The molecule has 4 nitrogen and oxygen atoms in total. The van der Waals surface area contributed by atoms with E-state index in [4.69, 9.17) is 5.73 Å². The summed E-state index contributed by atoms with van der Waals surface area (Å²) in [4.78, 5) is 16.9.